The molecule has 3 saturated carbocycles. The molecule has 7 atom stereocenters. The summed E-state index contributed by atoms with van der Waals surface area (Å²) in [6, 6.07) is 0. The molecule has 3 aliphatic rings. The van der Waals surface area contributed by atoms with Crippen LogP contribution in [0.3, 0.4) is 0 Å². The van der Waals surface area contributed by atoms with E-state index in [9.17, 15) is 9.90 Å². The number of hydrogen-bond donors (Lipinski definition) is 1. The highest BCUT2D eigenvalue weighted by Gasteiger charge is 2.50. The van der Waals surface area contributed by atoms with Crippen LogP contribution in [0.1, 0.15) is 92.9 Å². The van der Waals surface area contributed by atoms with Gasteiger partial charge in [-0.2, -0.15) is 0 Å². The van der Waals surface area contributed by atoms with Gasteiger partial charge >= 0.3 is 5.97 Å². The predicted molar refractivity (Wildman–Crippen MR) is 141 cm³/mol. The van der Waals surface area contributed by atoms with Gasteiger partial charge in [-0.15, -0.1) is 0 Å². The number of rotatable bonds is 7. The molecule has 0 aliphatic heterocycles. The third-order valence-electron chi connectivity index (χ3n) is 9.28. The van der Waals surface area contributed by atoms with Crippen molar-refractivity contribution in [3.8, 4) is 0 Å². The Hall–Kier alpha value is -1.61. The largest absolute Gasteiger partial charge is 0.462 e. The maximum atomic E-state index is 11.8. The normalized spacial score (nSPS) is 36.3. The number of esters is 1. The molecule has 3 rings (SSSR count). The van der Waals surface area contributed by atoms with Crippen LogP contribution in [0.25, 0.3) is 0 Å². The highest BCUT2D eigenvalue weighted by atomic mass is 16.5. The maximum absolute atomic E-state index is 11.8. The van der Waals surface area contributed by atoms with E-state index in [0.29, 0.717) is 48.3 Å². The van der Waals surface area contributed by atoms with Gasteiger partial charge in [-0.25, -0.2) is 0 Å². The Kier molecular flexibility index (Phi) is 9.06. The van der Waals surface area contributed by atoms with Crippen LogP contribution in [0.2, 0.25) is 0 Å². The smallest absolute Gasteiger partial charge is 0.305 e. The number of allylic oxidation sites excluding steroid dienone is 5. The fourth-order valence-corrected chi connectivity index (χ4v) is 6.66. The molecule has 0 bridgehead atoms. The topological polar surface area (TPSA) is 46.5 Å². The predicted octanol–water partition coefficient (Wildman–Crippen LogP) is 7.57. The first-order chi connectivity index (χ1) is 16.1. The van der Waals surface area contributed by atoms with Crippen LogP contribution in [0, 0.1) is 35.0 Å². The van der Waals surface area contributed by atoms with E-state index in [1.165, 1.54) is 25.7 Å². The van der Waals surface area contributed by atoms with E-state index < -0.39 is 6.10 Å². The standard InChI is InChI=1S/C31H48O3/c1-8-30(33)34-26-18-25(23(6)29(32)19-26)14-13-24-10-9-17-31(7)27(15-16-28(24)31)22(5)12-11-21(4)20(2)3/h11-14,20-22,26-29,32H,6,8-10,15-19H2,1-5,7H3/b12-11+,24-13+,25-14-/t21-,22+,26+,27+,28-,29-,31+/m0/s1. The van der Waals surface area contributed by atoms with Crippen molar-refractivity contribution in [3.05, 3.63) is 47.6 Å². The van der Waals surface area contributed by atoms with E-state index in [0.717, 1.165) is 23.5 Å². The second-order valence-electron chi connectivity index (χ2n) is 11.8. The van der Waals surface area contributed by atoms with Gasteiger partial charge in [0.15, 0.2) is 0 Å². The molecule has 3 aliphatic carbocycles. The van der Waals surface area contributed by atoms with Gasteiger partial charge in [0.2, 0.25) is 0 Å². The number of aliphatic hydroxyl groups is 1. The minimum Gasteiger partial charge on any atom is -0.462 e. The average Bonchev–Trinajstić information content (AvgIpc) is 3.15. The van der Waals surface area contributed by atoms with Crippen molar-refractivity contribution in [2.24, 2.45) is 35.0 Å². The Morgan fingerprint density at radius 3 is 2.62 bits per heavy atom. The molecule has 190 valence electrons. The van der Waals surface area contributed by atoms with Crippen molar-refractivity contribution < 1.29 is 14.6 Å². The van der Waals surface area contributed by atoms with Crippen LogP contribution >= 0.6 is 0 Å². The van der Waals surface area contributed by atoms with Crippen molar-refractivity contribution in [1.82, 2.24) is 0 Å². The summed E-state index contributed by atoms with van der Waals surface area (Å²) in [5.41, 5.74) is 3.73. The second-order valence-corrected chi connectivity index (χ2v) is 11.8. The van der Waals surface area contributed by atoms with Gasteiger partial charge < -0.3 is 9.84 Å². The molecule has 34 heavy (non-hydrogen) atoms. The van der Waals surface area contributed by atoms with Gasteiger partial charge in [-0.1, -0.05) is 78.0 Å². The highest BCUT2D eigenvalue weighted by Crippen LogP contribution is 2.59. The first kappa shape index (κ1) is 27.0. The molecule has 3 fully saturated rings. The zero-order valence-electron chi connectivity index (χ0n) is 22.5. The quantitative estimate of drug-likeness (QED) is 0.309. The molecule has 0 aromatic heterocycles. The average molecular weight is 469 g/mol. The van der Waals surface area contributed by atoms with Crippen molar-refractivity contribution in [2.45, 2.75) is 105 Å². The summed E-state index contributed by atoms with van der Waals surface area (Å²) in [6.45, 7) is 17.8. The van der Waals surface area contributed by atoms with Gasteiger partial charge in [0.1, 0.15) is 6.10 Å². The SMILES string of the molecule is C=C1/C(=C\C=C2/CCC[C@]3(C)[C@@H]([C@H](C)/C=C/[C@H](C)C(C)C)CC[C@@H]23)C[C@@H](OC(=O)CC)C[C@@H]1O. The summed E-state index contributed by atoms with van der Waals surface area (Å²) in [6.07, 6.45) is 16.3. The highest BCUT2D eigenvalue weighted by molar-refractivity contribution is 5.69. The number of fused-ring (bicyclic) bond motifs is 1. The molecule has 0 heterocycles. The molecule has 3 nitrogen and oxygen atoms in total. The summed E-state index contributed by atoms with van der Waals surface area (Å²) in [7, 11) is 0. The fourth-order valence-electron chi connectivity index (χ4n) is 6.66. The number of aliphatic hydroxyl groups excluding tert-OH is 1. The third-order valence-corrected chi connectivity index (χ3v) is 9.28. The molecule has 0 radical (unpaired) electrons. The third kappa shape index (κ3) is 5.96. The van der Waals surface area contributed by atoms with Gasteiger partial charge in [0, 0.05) is 19.3 Å². The Morgan fingerprint density at radius 1 is 1.21 bits per heavy atom. The number of carbonyl (C=O) groups is 1. The number of hydrogen-bond acceptors (Lipinski definition) is 3. The summed E-state index contributed by atoms with van der Waals surface area (Å²) >= 11 is 0. The van der Waals surface area contributed by atoms with E-state index in [4.69, 9.17) is 4.74 Å². The molecule has 3 heteroatoms. The van der Waals surface area contributed by atoms with Crippen LogP contribution in [0.15, 0.2) is 47.6 Å². The summed E-state index contributed by atoms with van der Waals surface area (Å²) in [4.78, 5) is 11.8. The lowest BCUT2D eigenvalue weighted by atomic mass is 9.61. The minimum absolute atomic E-state index is 0.201. The first-order valence-electron chi connectivity index (χ1n) is 13.7. The fraction of sp³-hybridized carbons (Fsp3) is 0.710. The summed E-state index contributed by atoms with van der Waals surface area (Å²) in [5.74, 6) is 3.08. The Balaban J connectivity index is 1.76. The molecule has 0 aromatic carbocycles. The molecular weight excluding hydrogens is 420 g/mol. The van der Waals surface area contributed by atoms with Crippen molar-refractivity contribution in [2.75, 3.05) is 0 Å². The van der Waals surface area contributed by atoms with E-state index in [2.05, 4.69) is 65.5 Å². The van der Waals surface area contributed by atoms with Gasteiger partial charge in [-0.05, 0) is 78.3 Å². The Bertz CT molecular complexity index is 832. The van der Waals surface area contributed by atoms with Crippen LogP contribution in [-0.4, -0.2) is 23.3 Å². The molecule has 0 unspecified atom stereocenters. The van der Waals surface area contributed by atoms with Gasteiger partial charge in [0.25, 0.3) is 0 Å². The van der Waals surface area contributed by atoms with Crippen LogP contribution in [0.4, 0.5) is 0 Å². The van der Waals surface area contributed by atoms with Gasteiger partial charge in [0.05, 0.1) is 6.10 Å². The molecule has 0 saturated heterocycles. The minimum atomic E-state index is -0.638. The van der Waals surface area contributed by atoms with E-state index in [1.807, 2.05) is 0 Å². The number of carbonyl (C=O) groups excluding carboxylic acids is 1. The molecule has 0 aromatic rings. The lowest BCUT2D eigenvalue weighted by Gasteiger charge is -2.44. The molecule has 0 spiro atoms. The van der Waals surface area contributed by atoms with Crippen molar-refractivity contribution in [1.29, 1.82) is 0 Å². The van der Waals surface area contributed by atoms with E-state index >= 15 is 0 Å². The maximum Gasteiger partial charge on any atom is 0.305 e. The van der Waals surface area contributed by atoms with Gasteiger partial charge in [-0.3, -0.25) is 4.79 Å². The Morgan fingerprint density at radius 2 is 1.94 bits per heavy atom. The second kappa shape index (κ2) is 11.4. The molecule has 1 N–H and O–H groups in total. The van der Waals surface area contributed by atoms with Crippen molar-refractivity contribution >= 4 is 5.97 Å². The molecule has 0 amide bonds. The lowest BCUT2D eigenvalue weighted by molar-refractivity contribution is -0.150. The zero-order chi connectivity index (χ0) is 25.0. The first-order valence-corrected chi connectivity index (χ1v) is 13.7. The summed E-state index contributed by atoms with van der Waals surface area (Å²) < 4.78 is 5.55. The molecular formula is C31H48O3. The van der Waals surface area contributed by atoms with E-state index in [-0.39, 0.29) is 12.1 Å². The van der Waals surface area contributed by atoms with Crippen LogP contribution in [0.5, 0.6) is 0 Å². The Labute approximate surface area is 208 Å². The zero-order valence-corrected chi connectivity index (χ0v) is 22.5. The lowest BCUT2D eigenvalue weighted by Crippen LogP contribution is -2.35. The van der Waals surface area contributed by atoms with Crippen LogP contribution in [-0.2, 0) is 9.53 Å². The monoisotopic (exact) mass is 468 g/mol. The van der Waals surface area contributed by atoms with Crippen LogP contribution < -0.4 is 0 Å². The summed E-state index contributed by atoms with van der Waals surface area (Å²) in [5, 5.41) is 10.5. The van der Waals surface area contributed by atoms with Crippen molar-refractivity contribution in [3.63, 3.8) is 0 Å². The number of ether oxygens (including phenoxy) is 1. The van der Waals surface area contributed by atoms with E-state index in [1.54, 1.807) is 12.5 Å².